The summed E-state index contributed by atoms with van der Waals surface area (Å²) >= 11 is 0. The van der Waals surface area contributed by atoms with Crippen molar-refractivity contribution in [1.29, 1.82) is 0 Å². The molecule has 8 heteroatoms. The van der Waals surface area contributed by atoms with Gasteiger partial charge < -0.3 is 14.5 Å². The van der Waals surface area contributed by atoms with E-state index in [4.69, 9.17) is 9.57 Å². The van der Waals surface area contributed by atoms with Crippen LogP contribution in [0, 0.1) is 0 Å². The highest BCUT2D eigenvalue weighted by Crippen LogP contribution is 2.25. The monoisotopic (exact) mass is 422 g/mol. The molecule has 0 aromatic heterocycles. The van der Waals surface area contributed by atoms with Gasteiger partial charge in [-0.05, 0) is 62.6 Å². The zero-order valence-corrected chi connectivity index (χ0v) is 17.5. The highest BCUT2D eigenvalue weighted by atomic mass is 16.7. The largest absolute Gasteiger partial charge is 0.444 e. The van der Waals surface area contributed by atoms with Crippen LogP contribution in [0.15, 0.2) is 42.5 Å². The van der Waals surface area contributed by atoms with E-state index < -0.39 is 29.5 Å². The minimum atomic E-state index is -0.827. The minimum absolute atomic E-state index is 0.182. The van der Waals surface area contributed by atoms with Gasteiger partial charge in [0.25, 0.3) is 11.8 Å². The molecule has 2 aromatic carbocycles. The maximum absolute atomic E-state index is 12.7. The van der Waals surface area contributed by atoms with Crippen LogP contribution in [-0.2, 0) is 22.5 Å². The lowest BCUT2D eigenvalue weighted by Gasteiger charge is -2.31. The molecule has 0 fully saturated rings. The SMILES string of the molecule is CC(C)(C)OC(=O)N1CCc2ccc(C(=O)ON3C(=O)c4ccccc4C3=O)cc2C1. The quantitative estimate of drug-likeness (QED) is 0.689. The number of carbonyl (C=O) groups is 4. The fraction of sp³-hybridized carbons (Fsp3) is 0.304. The average molecular weight is 422 g/mol. The smallest absolute Gasteiger partial charge is 0.410 e. The zero-order chi connectivity index (χ0) is 22.3. The van der Waals surface area contributed by atoms with Crippen LogP contribution in [0.2, 0.25) is 0 Å². The summed E-state index contributed by atoms with van der Waals surface area (Å²) in [5, 5.41) is 0.486. The first-order valence-electron chi connectivity index (χ1n) is 9.94. The van der Waals surface area contributed by atoms with Crippen LogP contribution in [0.3, 0.4) is 0 Å². The number of nitrogens with zero attached hydrogens (tertiary/aromatic N) is 2. The minimum Gasteiger partial charge on any atom is -0.444 e. The lowest BCUT2D eigenvalue weighted by Crippen LogP contribution is -2.40. The molecule has 2 aliphatic rings. The van der Waals surface area contributed by atoms with Crippen molar-refractivity contribution in [2.45, 2.75) is 39.3 Å². The normalized spacial score (nSPS) is 15.5. The Labute approximate surface area is 179 Å². The molecule has 4 rings (SSSR count). The van der Waals surface area contributed by atoms with E-state index >= 15 is 0 Å². The summed E-state index contributed by atoms with van der Waals surface area (Å²) in [6, 6.07) is 11.3. The second-order valence-corrected chi connectivity index (χ2v) is 8.46. The van der Waals surface area contributed by atoms with Crippen molar-refractivity contribution < 1.29 is 28.8 Å². The summed E-state index contributed by atoms with van der Waals surface area (Å²) < 4.78 is 5.43. The van der Waals surface area contributed by atoms with Gasteiger partial charge in [0.1, 0.15) is 5.60 Å². The van der Waals surface area contributed by atoms with Crippen LogP contribution in [0.1, 0.15) is 63.0 Å². The number of benzene rings is 2. The predicted octanol–water partition coefficient (Wildman–Crippen LogP) is 3.35. The van der Waals surface area contributed by atoms with Gasteiger partial charge in [0.15, 0.2) is 0 Å². The van der Waals surface area contributed by atoms with E-state index in [2.05, 4.69) is 0 Å². The molecule has 160 valence electrons. The molecular formula is C23H22N2O6. The maximum atomic E-state index is 12.7. The number of hydrogen-bond donors (Lipinski definition) is 0. The third-order valence-corrected chi connectivity index (χ3v) is 5.04. The van der Waals surface area contributed by atoms with Crippen LogP contribution < -0.4 is 0 Å². The molecule has 2 aromatic rings. The number of imide groups is 1. The molecule has 31 heavy (non-hydrogen) atoms. The summed E-state index contributed by atoms with van der Waals surface area (Å²) in [7, 11) is 0. The van der Waals surface area contributed by atoms with Crippen molar-refractivity contribution in [3.05, 3.63) is 70.3 Å². The molecule has 0 saturated heterocycles. The Balaban J connectivity index is 1.49. The van der Waals surface area contributed by atoms with Gasteiger partial charge in [0.05, 0.1) is 16.7 Å². The number of rotatable bonds is 2. The number of carbonyl (C=O) groups excluding carboxylic acids is 4. The molecule has 0 unspecified atom stereocenters. The standard InChI is InChI=1S/C23H22N2O6/c1-23(2,3)30-22(29)24-11-10-14-8-9-15(12-16(14)13-24)21(28)31-25-19(26)17-6-4-5-7-18(17)20(25)27/h4-9,12H,10-11,13H2,1-3H3. The van der Waals surface area contributed by atoms with Gasteiger partial charge in [-0.25, -0.2) is 9.59 Å². The summed E-state index contributed by atoms with van der Waals surface area (Å²) in [5.41, 5.74) is 1.76. The van der Waals surface area contributed by atoms with Crippen molar-refractivity contribution in [2.75, 3.05) is 6.54 Å². The van der Waals surface area contributed by atoms with E-state index in [9.17, 15) is 19.2 Å². The van der Waals surface area contributed by atoms with Gasteiger partial charge in [-0.1, -0.05) is 23.3 Å². The Bertz CT molecular complexity index is 1070. The fourth-order valence-corrected chi connectivity index (χ4v) is 3.55. The topological polar surface area (TPSA) is 93.2 Å². The first-order chi connectivity index (χ1) is 14.6. The molecule has 2 aliphatic heterocycles. The third kappa shape index (κ3) is 4.01. The van der Waals surface area contributed by atoms with E-state index in [0.717, 1.165) is 11.1 Å². The predicted molar refractivity (Wildman–Crippen MR) is 109 cm³/mol. The lowest BCUT2D eigenvalue weighted by molar-refractivity contribution is -0.0584. The Morgan fingerprint density at radius 2 is 1.58 bits per heavy atom. The molecule has 2 heterocycles. The molecule has 0 bridgehead atoms. The Hall–Kier alpha value is -3.68. The first kappa shape index (κ1) is 20.6. The van der Waals surface area contributed by atoms with E-state index in [1.54, 1.807) is 56.0 Å². The van der Waals surface area contributed by atoms with Gasteiger partial charge in [0, 0.05) is 13.1 Å². The van der Waals surface area contributed by atoms with E-state index in [0.29, 0.717) is 24.6 Å². The molecule has 0 N–H and O–H groups in total. The summed E-state index contributed by atoms with van der Waals surface area (Å²) in [4.78, 5) is 56.6. The first-order valence-corrected chi connectivity index (χ1v) is 9.94. The molecule has 0 spiro atoms. The van der Waals surface area contributed by atoms with E-state index in [-0.39, 0.29) is 16.7 Å². The van der Waals surface area contributed by atoms with Gasteiger partial charge in [0.2, 0.25) is 0 Å². The van der Waals surface area contributed by atoms with Gasteiger partial charge >= 0.3 is 12.1 Å². The summed E-state index contributed by atoms with van der Waals surface area (Å²) in [6.07, 6.45) is 0.208. The Kier molecular flexibility index (Phi) is 5.00. The second kappa shape index (κ2) is 7.54. The number of hydroxylamine groups is 2. The zero-order valence-electron chi connectivity index (χ0n) is 17.5. The Morgan fingerprint density at radius 3 is 2.19 bits per heavy atom. The van der Waals surface area contributed by atoms with Crippen LogP contribution in [0.4, 0.5) is 4.79 Å². The highest BCUT2D eigenvalue weighted by Gasteiger charge is 2.39. The van der Waals surface area contributed by atoms with Gasteiger partial charge in [-0.3, -0.25) is 9.59 Å². The second-order valence-electron chi connectivity index (χ2n) is 8.46. The molecule has 3 amide bonds. The van der Waals surface area contributed by atoms with Crippen LogP contribution in [0.5, 0.6) is 0 Å². The number of fused-ring (bicyclic) bond motifs is 2. The van der Waals surface area contributed by atoms with Crippen molar-refractivity contribution >= 4 is 23.9 Å². The molecule has 0 radical (unpaired) electrons. The summed E-state index contributed by atoms with van der Waals surface area (Å²) in [6.45, 7) is 6.21. The van der Waals surface area contributed by atoms with Crippen molar-refractivity contribution in [3.63, 3.8) is 0 Å². The molecule has 0 atom stereocenters. The van der Waals surface area contributed by atoms with E-state index in [1.165, 1.54) is 12.1 Å². The molecule has 8 nitrogen and oxygen atoms in total. The molecule has 0 saturated carbocycles. The molecule has 0 aliphatic carbocycles. The molecular weight excluding hydrogens is 400 g/mol. The highest BCUT2D eigenvalue weighted by molar-refractivity contribution is 6.21. The van der Waals surface area contributed by atoms with Crippen molar-refractivity contribution in [1.82, 2.24) is 9.96 Å². The van der Waals surface area contributed by atoms with Gasteiger partial charge in [-0.15, -0.1) is 0 Å². The maximum Gasteiger partial charge on any atom is 0.410 e. The van der Waals surface area contributed by atoms with Crippen molar-refractivity contribution in [2.24, 2.45) is 0 Å². The van der Waals surface area contributed by atoms with Crippen molar-refractivity contribution in [3.8, 4) is 0 Å². The van der Waals surface area contributed by atoms with Crippen LogP contribution in [0.25, 0.3) is 0 Å². The average Bonchev–Trinajstić information content (AvgIpc) is 2.97. The van der Waals surface area contributed by atoms with E-state index in [1.807, 2.05) is 0 Å². The summed E-state index contributed by atoms with van der Waals surface area (Å²) in [5.74, 6) is -2.18. The number of ether oxygens (including phenoxy) is 1. The number of hydrogen-bond acceptors (Lipinski definition) is 6. The number of amides is 3. The fourth-order valence-electron chi connectivity index (χ4n) is 3.55. The van der Waals surface area contributed by atoms with Crippen LogP contribution >= 0.6 is 0 Å². The third-order valence-electron chi connectivity index (χ3n) is 5.04. The van der Waals surface area contributed by atoms with Gasteiger partial charge in [-0.2, -0.15) is 0 Å². The van der Waals surface area contributed by atoms with Crippen LogP contribution in [-0.4, -0.2) is 46.0 Å². The lowest BCUT2D eigenvalue weighted by atomic mass is 9.97. The Morgan fingerprint density at radius 1 is 0.935 bits per heavy atom.